The Balaban J connectivity index is 2.56. The molecule has 0 atom stereocenters. The van der Waals surface area contributed by atoms with Crippen LogP contribution in [0, 0.1) is 17.6 Å². The highest BCUT2D eigenvalue weighted by Crippen LogP contribution is 2.29. The summed E-state index contributed by atoms with van der Waals surface area (Å²) in [6, 6.07) is 8.29. The van der Waals surface area contributed by atoms with Crippen molar-refractivity contribution in [2.75, 3.05) is 0 Å². The van der Waals surface area contributed by atoms with Crippen LogP contribution in [0.25, 0.3) is 10.1 Å². The quantitative estimate of drug-likeness (QED) is 0.522. The number of aryl methyl sites for hydroxylation is 1. The SMILES string of the molecule is Cc1cc2ccc(SC#N)cc2s1. The van der Waals surface area contributed by atoms with Gasteiger partial charge in [0.1, 0.15) is 5.40 Å². The smallest absolute Gasteiger partial charge is 0.138 e. The van der Waals surface area contributed by atoms with E-state index in [1.165, 1.54) is 26.7 Å². The van der Waals surface area contributed by atoms with Crippen LogP contribution in [0.2, 0.25) is 0 Å². The van der Waals surface area contributed by atoms with Crippen molar-refractivity contribution in [3.8, 4) is 5.40 Å². The number of thiophene rings is 1. The van der Waals surface area contributed by atoms with E-state index < -0.39 is 0 Å². The van der Waals surface area contributed by atoms with Crippen LogP contribution in [0.5, 0.6) is 0 Å². The predicted octanol–water partition coefficient (Wildman–Crippen LogP) is 3.78. The van der Waals surface area contributed by atoms with E-state index in [1.54, 1.807) is 11.3 Å². The van der Waals surface area contributed by atoms with Crippen molar-refractivity contribution < 1.29 is 0 Å². The summed E-state index contributed by atoms with van der Waals surface area (Å²) in [5.74, 6) is 0. The van der Waals surface area contributed by atoms with Crippen molar-refractivity contribution >= 4 is 33.2 Å². The minimum Gasteiger partial charge on any atom is -0.185 e. The Hall–Kier alpha value is -0.980. The van der Waals surface area contributed by atoms with Crippen molar-refractivity contribution in [2.45, 2.75) is 11.8 Å². The van der Waals surface area contributed by atoms with Gasteiger partial charge >= 0.3 is 0 Å². The molecule has 0 saturated carbocycles. The lowest BCUT2D eigenvalue weighted by Crippen LogP contribution is -1.66. The highest BCUT2D eigenvalue weighted by molar-refractivity contribution is 8.03. The zero-order valence-corrected chi connectivity index (χ0v) is 8.71. The number of benzene rings is 1. The van der Waals surface area contributed by atoms with Gasteiger partial charge in [0.05, 0.1) is 0 Å². The first-order valence-corrected chi connectivity index (χ1v) is 5.49. The molecule has 64 valence electrons. The average Bonchev–Trinajstić information content (AvgIpc) is 2.44. The number of fused-ring (bicyclic) bond motifs is 1. The Labute approximate surface area is 85.0 Å². The molecule has 0 unspecified atom stereocenters. The second-order valence-corrected chi connectivity index (χ2v) is 4.90. The Morgan fingerprint density at radius 2 is 2.23 bits per heavy atom. The van der Waals surface area contributed by atoms with Crippen molar-refractivity contribution in [3.63, 3.8) is 0 Å². The number of hydrogen-bond donors (Lipinski definition) is 0. The van der Waals surface area contributed by atoms with E-state index in [1.807, 2.05) is 6.07 Å². The molecule has 0 aliphatic heterocycles. The number of hydrogen-bond acceptors (Lipinski definition) is 3. The third-order valence-corrected chi connectivity index (χ3v) is 3.37. The maximum absolute atomic E-state index is 8.51. The van der Waals surface area contributed by atoms with Gasteiger partial charge in [0.25, 0.3) is 0 Å². The minimum atomic E-state index is 1.02. The van der Waals surface area contributed by atoms with Crippen LogP contribution in [-0.4, -0.2) is 0 Å². The number of thiocyanates is 1. The van der Waals surface area contributed by atoms with E-state index in [9.17, 15) is 0 Å². The van der Waals surface area contributed by atoms with E-state index in [4.69, 9.17) is 5.26 Å². The molecule has 1 aromatic heterocycles. The zero-order chi connectivity index (χ0) is 9.26. The molecular weight excluding hydrogens is 198 g/mol. The first-order valence-electron chi connectivity index (χ1n) is 3.86. The molecule has 1 heterocycles. The summed E-state index contributed by atoms with van der Waals surface area (Å²) < 4.78 is 1.26. The molecule has 1 nitrogen and oxygen atoms in total. The highest BCUT2D eigenvalue weighted by Gasteiger charge is 1.99. The maximum atomic E-state index is 8.51. The van der Waals surface area contributed by atoms with Crippen LogP contribution in [0.1, 0.15) is 4.88 Å². The number of rotatable bonds is 1. The molecule has 0 aliphatic carbocycles. The van der Waals surface area contributed by atoms with Gasteiger partial charge in [0.15, 0.2) is 0 Å². The normalized spacial score (nSPS) is 10.2. The molecule has 0 aliphatic rings. The summed E-state index contributed by atoms with van der Waals surface area (Å²) in [6.45, 7) is 2.10. The van der Waals surface area contributed by atoms with Crippen LogP contribution in [-0.2, 0) is 0 Å². The van der Waals surface area contributed by atoms with Gasteiger partial charge in [-0.2, -0.15) is 5.26 Å². The van der Waals surface area contributed by atoms with E-state index in [0.717, 1.165) is 4.90 Å². The summed E-state index contributed by atoms with van der Waals surface area (Å²) in [5.41, 5.74) is 0. The molecule has 0 fully saturated rings. The number of nitrogens with zero attached hydrogens (tertiary/aromatic N) is 1. The van der Waals surface area contributed by atoms with Crippen molar-refractivity contribution in [3.05, 3.63) is 29.1 Å². The molecule has 0 saturated heterocycles. The highest BCUT2D eigenvalue weighted by atomic mass is 32.2. The molecule has 2 aromatic rings. The topological polar surface area (TPSA) is 23.8 Å². The van der Waals surface area contributed by atoms with Gasteiger partial charge in [-0.1, -0.05) is 6.07 Å². The van der Waals surface area contributed by atoms with E-state index in [-0.39, 0.29) is 0 Å². The standard InChI is InChI=1S/C10H7NS2/c1-7-4-8-2-3-9(12-6-11)5-10(8)13-7/h2-5H,1H3. The summed E-state index contributed by atoms with van der Waals surface area (Å²) in [6.07, 6.45) is 0. The second kappa shape index (κ2) is 3.41. The van der Waals surface area contributed by atoms with Crippen molar-refractivity contribution in [1.82, 2.24) is 0 Å². The monoisotopic (exact) mass is 205 g/mol. The van der Waals surface area contributed by atoms with E-state index in [2.05, 4.69) is 30.5 Å². The number of thioether (sulfide) groups is 1. The van der Waals surface area contributed by atoms with Gasteiger partial charge in [-0.05, 0) is 42.3 Å². The van der Waals surface area contributed by atoms with Gasteiger partial charge in [-0.3, -0.25) is 0 Å². The van der Waals surface area contributed by atoms with E-state index in [0.29, 0.717) is 0 Å². The van der Waals surface area contributed by atoms with Gasteiger partial charge in [0.2, 0.25) is 0 Å². The lowest BCUT2D eigenvalue weighted by Gasteiger charge is -1.92. The molecule has 0 bridgehead atoms. The van der Waals surface area contributed by atoms with Crippen LogP contribution >= 0.6 is 23.1 Å². The summed E-state index contributed by atoms with van der Waals surface area (Å²) in [4.78, 5) is 2.34. The summed E-state index contributed by atoms with van der Waals surface area (Å²) in [5, 5.41) is 11.9. The summed E-state index contributed by atoms with van der Waals surface area (Å²) in [7, 11) is 0. The van der Waals surface area contributed by atoms with Gasteiger partial charge in [-0.25, -0.2) is 0 Å². The summed E-state index contributed by atoms with van der Waals surface area (Å²) >= 11 is 2.98. The van der Waals surface area contributed by atoms with Crippen LogP contribution < -0.4 is 0 Å². The largest absolute Gasteiger partial charge is 0.185 e. The van der Waals surface area contributed by atoms with Crippen molar-refractivity contribution in [1.29, 1.82) is 5.26 Å². The fourth-order valence-electron chi connectivity index (χ4n) is 1.26. The Kier molecular flexibility index (Phi) is 2.26. The predicted molar refractivity (Wildman–Crippen MR) is 58.0 cm³/mol. The third-order valence-electron chi connectivity index (χ3n) is 1.78. The molecule has 0 spiro atoms. The molecule has 3 heteroatoms. The fourth-order valence-corrected chi connectivity index (χ4v) is 2.72. The van der Waals surface area contributed by atoms with Gasteiger partial charge in [0, 0.05) is 14.5 Å². The zero-order valence-electron chi connectivity index (χ0n) is 7.07. The first-order chi connectivity index (χ1) is 6.29. The molecular formula is C10H7NS2. The molecule has 13 heavy (non-hydrogen) atoms. The minimum absolute atomic E-state index is 1.02. The lowest BCUT2D eigenvalue weighted by molar-refractivity contribution is 1.52. The molecule has 0 amide bonds. The average molecular weight is 205 g/mol. The third kappa shape index (κ3) is 1.69. The first kappa shape index (κ1) is 8.61. The van der Waals surface area contributed by atoms with Gasteiger partial charge in [-0.15, -0.1) is 11.3 Å². The molecule has 0 N–H and O–H groups in total. The fraction of sp³-hybridized carbons (Fsp3) is 0.100. The van der Waals surface area contributed by atoms with Crippen LogP contribution in [0.4, 0.5) is 0 Å². The van der Waals surface area contributed by atoms with Gasteiger partial charge < -0.3 is 0 Å². The maximum Gasteiger partial charge on any atom is 0.138 e. The molecule has 1 aromatic carbocycles. The molecule has 0 radical (unpaired) electrons. The van der Waals surface area contributed by atoms with Crippen LogP contribution in [0.15, 0.2) is 29.2 Å². The second-order valence-electron chi connectivity index (χ2n) is 2.75. The van der Waals surface area contributed by atoms with E-state index >= 15 is 0 Å². The molecule has 2 rings (SSSR count). The van der Waals surface area contributed by atoms with Crippen LogP contribution in [0.3, 0.4) is 0 Å². The lowest BCUT2D eigenvalue weighted by atomic mass is 10.2. The number of nitriles is 1. The van der Waals surface area contributed by atoms with Crippen molar-refractivity contribution in [2.24, 2.45) is 0 Å². The Bertz CT molecular complexity index is 479. The Morgan fingerprint density at radius 3 is 3.00 bits per heavy atom. The Morgan fingerprint density at radius 1 is 1.38 bits per heavy atom.